The molecule has 2 aromatic carbocycles. The van der Waals surface area contributed by atoms with Crippen LogP contribution < -0.4 is 10.4 Å². The quantitative estimate of drug-likeness (QED) is 0.261. The first kappa shape index (κ1) is 20.9. The molecule has 30 heavy (non-hydrogen) atoms. The van der Waals surface area contributed by atoms with Gasteiger partial charge in [-0.1, -0.05) is 23.2 Å². The molecule has 0 saturated carbocycles. The third-order valence-electron chi connectivity index (χ3n) is 4.65. The molecule has 0 spiro atoms. The number of hydrogen-bond donors (Lipinski definition) is 0. The van der Waals surface area contributed by atoms with Gasteiger partial charge >= 0.3 is 5.69 Å². The molecule has 154 valence electrons. The Labute approximate surface area is 174 Å². The Morgan fingerprint density at radius 1 is 1.20 bits per heavy atom. The summed E-state index contributed by atoms with van der Waals surface area (Å²) in [5.41, 5.74) is 4.78. The van der Waals surface area contributed by atoms with Gasteiger partial charge in [0.2, 0.25) is 0 Å². The molecular weight excluding hydrogens is 382 g/mol. The zero-order valence-electron chi connectivity index (χ0n) is 17.4. The number of aromatic nitrogens is 4. The molecule has 0 radical (unpaired) electrons. The van der Waals surface area contributed by atoms with Crippen molar-refractivity contribution in [2.75, 3.05) is 6.61 Å². The number of terminal acetylenes is 1. The van der Waals surface area contributed by atoms with Gasteiger partial charge in [-0.3, -0.25) is 0 Å². The maximum Gasteiger partial charge on any atom is 0.368 e. The molecule has 0 aliphatic carbocycles. The first-order valence-corrected chi connectivity index (χ1v) is 9.34. The van der Waals surface area contributed by atoms with Crippen LogP contribution in [-0.4, -0.2) is 32.1 Å². The molecule has 0 atom stereocenters. The summed E-state index contributed by atoms with van der Waals surface area (Å²) in [7, 11) is 1.56. The monoisotopic (exact) mass is 405 g/mol. The van der Waals surface area contributed by atoms with E-state index in [2.05, 4.69) is 21.5 Å². The van der Waals surface area contributed by atoms with Gasteiger partial charge in [0.15, 0.2) is 6.61 Å². The van der Waals surface area contributed by atoms with Crippen molar-refractivity contribution in [3.8, 4) is 23.8 Å². The minimum atomic E-state index is -0.316. The van der Waals surface area contributed by atoms with Crippen LogP contribution in [0.2, 0.25) is 0 Å². The minimum Gasteiger partial charge on any atom is -0.489 e. The number of nitrogens with zero attached hydrogens (tertiary/aromatic N) is 5. The Bertz CT molecular complexity index is 1180. The van der Waals surface area contributed by atoms with Gasteiger partial charge in [-0.2, -0.15) is 9.36 Å². The van der Waals surface area contributed by atoms with Crippen molar-refractivity contribution in [1.29, 1.82) is 0 Å². The average Bonchev–Trinajstić information content (AvgIpc) is 3.06. The van der Waals surface area contributed by atoms with Crippen LogP contribution in [0.25, 0.3) is 5.69 Å². The number of tetrazole rings is 1. The van der Waals surface area contributed by atoms with Gasteiger partial charge in [0.05, 0.1) is 11.4 Å². The van der Waals surface area contributed by atoms with Crippen LogP contribution in [0.3, 0.4) is 0 Å². The van der Waals surface area contributed by atoms with Crippen molar-refractivity contribution in [1.82, 2.24) is 19.8 Å². The molecule has 0 aliphatic rings. The highest BCUT2D eigenvalue weighted by Crippen LogP contribution is 2.24. The Morgan fingerprint density at radius 2 is 2.00 bits per heavy atom. The molecule has 1 heterocycles. The molecule has 0 N–H and O–H groups in total. The van der Waals surface area contributed by atoms with E-state index in [1.165, 1.54) is 9.36 Å². The fraction of sp³-hybridized carbons (Fsp3) is 0.273. The van der Waals surface area contributed by atoms with Gasteiger partial charge in [0.25, 0.3) is 0 Å². The fourth-order valence-corrected chi connectivity index (χ4v) is 2.94. The SMILES string of the molecule is C#CCO/N=C(\C)c1ccc(OCc2c(C)cccc2-n2nnn(C)c2=O)c(C)c1. The number of benzene rings is 2. The third kappa shape index (κ3) is 4.41. The molecule has 0 saturated heterocycles. The van der Waals surface area contributed by atoms with E-state index in [0.717, 1.165) is 33.7 Å². The van der Waals surface area contributed by atoms with Crippen molar-refractivity contribution in [3.63, 3.8) is 0 Å². The van der Waals surface area contributed by atoms with Crippen molar-refractivity contribution < 1.29 is 9.57 Å². The molecule has 1 aromatic heterocycles. The molecule has 8 heteroatoms. The van der Waals surface area contributed by atoms with E-state index in [0.29, 0.717) is 5.69 Å². The van der Waals surface area contributed by atoms with Gasteiger partial charge in [-0.05, 0) is 72.2 Å². The molecule has 0 aliphatic heterocycles. The van der Waals surface area contributed by atoms with Crippen molar-refractivity contribution in [2.45, 2.75) is 27.4 Å². The smallest absolute Gasteiger partial charge is 0.368 e. The van der Waals surface area contributed by atoms with Crippen molar-refractivity contribution >= 4 is 5.71 Å². The molecule has 3 rings (SSSR count). The van der Waals surface area contributed by atoms with E-state index in [1.807, 2.05) is 57.2 Å². The predicted molar refractivity (Wildman–Crippen MR) is 114 cm³/mol. The highest BCUT2D eigenvalue weighted by Gasteiger charge is 2.14. The first-order valence-electron chi connectivity index (χ1n) is 9.34. The van der Waals surface area contributed by atoms with Crippen LogP contribution in [-0.2, 0) is 18.5 Å². The molecule has 3 aromatic rings. The van der Waals surface area contributed by atoms with Crippen LogP contribution in [0.1, 0.15) is 29.2 Å². The van der Waals surface area contributed by atoms with Gasteiger partial charge in [-0.25, -0.2) is 4.79 Å². The number of ether oxygens (including phenoxy) is 1. The summed E-state index contributed by atoms with van der Waals surface area (Å²) in [6, 6.07) is 11.4. The van der Waals surface area contributed by atoms with Gasteiger partial charge in [0.1, 0.15) is 12.4 Å². The molecule has 8 nitrogen and oxygen atoms in total. The number of oxime groups is 1. The topological polar surface area (TPSA) is 83.5 Å². The Morgan fingerprint density at radius 3 is 2.67 bits per heavy atom. The number of hydrogen-bond acceptors (Lipinski definition) is 6. The highest BCUT2D eigenvalue weighted by atomic mass is 16.6. The zero-order valence-corrected chi connectivity index (χ0v) is 17.4. The highest BCUT2D eigenvalue weighted by molar-refractivity contribution is 5.98. The summed E-state index contributed by atoms with van der Waals surface area (Å²) in [5, 5.41) is 11.7. The summed E-state index contributed by atoms with van der Waals surface area (Å²) in [6.07, 6.45) is 5.16. The van der Waals surface area contributed by atoms with Gasteiger partial charge in [0, 0.05) is 12.6 Å². The second-order valence-electron chi connectivity index (χ2n) is 6.79. The van der Waals surface area contributed by atoms with E-state index in [-0.39, 0.29) is 18.9 Å². The lowest BCUT2D eigenvalue weighted by atomic mass is 10.1. The minimum absolute atomic E-state index is 0.130. The fourth-order valence-electron chi connectivity index (χ4n) is 2.94. The van der Waals surface area contributed by atoms with Gasteiger partial charge < -0.3 is 9.57 Å². The average molecular weight is 405 g/mol. The van der Waals surface area contributed by atoms with E-state index in [1.54, 1.807) is 7.05 Å². The zero-order chi connectivity index (χ0) is 21.7. The van der Waals surface area contributed by atoms with Crippen molar-refractivity contribution in [3.05, 3.63) is 69.1 Å². The molecule has 0 fully saturated rings. The molecule has 0 bridgehead atoms. The lowest BCUT2D eigenvalue weighted by Crippen LogP contribution is -2.23. The summed E-state index contributed by atoms with van der Waals surface area (Å²) >= 11 is 0. The lowest BCUT2D eigenvalue weighted by Gasteiger charge is -2.15. The second kappa shape index (κ2) is 9.09. The molecule has 0 unspecified atom stereocenters. The molecule has 0 amide bonds. The summed E-state index contributed by atoms with van der Waals surface area (Å²) in [6.45, 7) is 6.19. The Balaban J connectivity index is 1.83. The summed E-state index contributed by atoms with van der Waals surface area (Å²) in [4.78, 5) is 17.3. The first-order chi connectivity index (χ1) is 14.4. The van der Waals surface area contributed by atoms with Crippen LogP contribution in [0.4, 0.5) is 0 Å². The van der Waals surface area contributed by atoms with E-state index in [4.69, 9.17) is 16.0 Å². The molecular formula is C22H23N5O3. The third-order valence-corrected chi connectivity index (χ3v) is 4.65. The van der Waals surface area contributed by atoms with Crippen LogP contribution in [0, 0.1) is 26.2 Å². The normalized spacial score (nSPS) is 11.2. The van der Waals surface area contributed by atoms with E-state index >= 15 is 0 Å². The van der Waals surface area contributed by atoms with Crippen LogP contribution >= 0.6 is 0 Å². The largest absolute Gasteiger partial charge is 0.489 e. The maximum atomic E-state index is 12.3. The van der Waals surface area contributed by atoms with Crippen LogP contribution in [0.5, 0.6) is 5.75 Å². The van der Waals surface area contributed by atoms with Gasteiger partial charge in [-0.15, -0.1) is 6.42 Å². The maximum absolute atomic E-state index is 12.3. The summed E-state index contributed by atoms with van der Waals surface area (Å²) in [5.74, 6) is 3.11. The summed E-state index contributed by atoms with van der Waals surface area (Å²) < 4.78 is 8.54. The van der Waals surface area contributed by atoms with Crippen molar-refractivity contribution in [2.24, 2.45) is 12.2 Å². The van der Waals surface area contributed by atoms with Crippen LogP contribution in [0.15, 0.2) is 46.3 Å². The predicted octanol–water partition coefficient (Wildman–Crippen LogP) is 2.54. The second-order valence-corrected chi connectivity index (χ2v) is 6.79. The van der Waals surface area contributed by atoms with E-state index in [9.17, 15) is 4.79 Å². The number of aryl methyl sites for hydroxylation is 3. The Kier molecular flexibility index (Phi) is 6.32. The standard InChI is InChI=1S/C22H23N5O3/c1-6-12-30-23-17(4)18-10-11-21(16(3)13-18)29-14-19-15(2)8-7-9-20(19)27-22(28)26(5)24-25-27/h1,7-11,13H,12,14H2,2-5H3/b23-17+. The number of rotatable bonds is 7. The lowest BCUT2D eigenvalue weighted by molar-refractivity contribution is 0.180. The Hall–Kier alpha value is -3.86. The van der Waals surface area contributed by atoms with E-state index < -0.39 is 0 Å².